The first-order valence-electron chi connectivity index (χ1n) is 8.53. The second-order valence-electron chi connectivity index (χ2n) is 5.75. The molecule has 0 spiro atoms. The number of anilines is 1. The highest BCUT2D eigenvalue weighted by atomic mass is 19.1. The number of hydrogen-bond donors (Lipinski definition) is 1. The first kappa shape index (κ1) is 21.6. The summed E-state index contributed by atoms with van der Waals surface area (Å²) in [6.45, 7) is 3.22. The van der Waals surface area contributed by atoms with Crippen molar-refractivity contribution in [3.05, 3.63) is 57.9 Å². The Morgan fingerprint density at radius 2 is 1.86 bits per heavy atom. The third kappa shape index (κ3) is 5.41. The van der Waals surface area contributed by atoms with E-state index in [-0.39, 0.29) is 18.1 Å². The quantitative estimate of drug-likeness (QED) is 0.406. The van der Waals surface area contributed by atoms with Crippen molar-refractivity contribution in [2.75, 3.05) is 19.0 Å². The first-order chi connectivity index (χ1) is 13.8. The third-order valence-corrected chi connectivity index (χ3v) is 3.76. The number of nitrogens with one attached hydrogen (secondary N) is 1. The van der Waals surface area contributed by atoms with Gasteiger partial charge in [0, 0.05) is 11.8 Å². The smallest absolute Gasteiger partial charge is 0.346 e. The van der Waals surface area contributed by atoms with Gasteiger partial charge in [-0.2, -0.15) is 0 Å². The van der Waals surface area contributed by atoms with Gasteiger partial charge in [0.1, 0.15) is 11.4 Å². The van der Waals surface area contributed by atoms with Crippen molar-refractivity contribution in [2.24, 2.45) is 0 Å². The van der Waals surface area contributed by atoms with E-state index < -0.39 is 40.0 Å². The lowest BCUT2D eigenvalue weighted by atomic mass is 10.1. The third-order valence-electron chi connectivity index (χ3n) is 3.76. The number of benzene rings is 2. The summed E-state index contributed by atoms with van der Waals surface area (Å²) in [5, 5.41) is 13.8. The number of ether oxygens (including phenoxy) is 3. The number of methoxy groups -OCH3 is 1. The Bertz CT molecular complexity index is 916. The average molecular weight is 406 g/mol. The molecule has 0 unspecified atom stereocenters. The molecule has 2 aromatic carbocycles. The van der Waals surface area contributed by atoms with E-state index in [9.17, 15) is 24.1 Å². The molecule has 0 aliphatic carbocycles. The number of nitrogens with zero attached hydrogens (tertiary/aromatic N) is 1. The number of esters is 1. The predicted molar refractivity (Wildman–Crippen MR) is 101 cm³/mol. The molecule has 0 fully saturated rings. The monoisotopic (exact) mass is 406 g/mol. The predicted octanol–water partition coefficient (Wildman–Crippen LogP) is 3.33. The van der Waals surface area contributed by atoms with Crippen LogP contribution in [0.15, 0.2) is 36.4 Å². The topological polar surface area (TPSA) is 117 Å². The molecule has 0 radical (unpaired) electrons. The summed E-state index contributed by atoms with van der Waals surface area (Å²) in [6, 6.07) is 7.16. The fraction of sp³-hybridized carbons (Fsp3) is 0.263. The van der Waals surface area contributed by atoms with Gasteiger partial charge in [0.2, 0.25) is 0 Å². The largest absolute Gasteiger partial charge is 0.493 e. The van der Waals surface area contributed by atoms with E-state index in [0.717, 1.165) is 24.3 Å². The summed E-state index contributed by atoms with van der Waals surface area (Å²) in [5.41, 5.74) is -0.643. The van der Waals surface area contributed by atoms with Crippen molar-refractivity contribution in [3.63, 3.8) is 0 Å². The fourth-order valence-corrected chi connectivity index (χ4v) is 2.35. The summed E-state index contributed by atoms with van der Waals surface area (Å²) < 4.78 is 28.4. The number of carbonyl (C=O) groups excluding carboxylic acids is 2. The van der Waals surface area contributed by atoms with Crippen molar-refractivity contribution in [1.82, 2.24) is 0 Å². The molecule has 2 rings (SSSR count). The Labute approximate surface area is 165 Å². The minimum absolute atomic E-state index is 0.0975. The van der Waals surface area contributed by atoms with Crippen LogP contribution in [0.1, 0.15) is 24.2 Å². The summed E-state index contributed by atoms with van der Waals surface area (Å²) in [4.78, 5) is 35.3. The zero-order valence-electron chi connectivity index (χ0n) is 15.9. The number of rotatable bonds is 8. The van der Waals surface area contributed by atoms with Crippen LogP contribution in [0.25, 0.3) is 0 Å². The standard InChI is InChI=1S/C19H19FN2O7/c1-4-28-17-10-15(22(25)26)14(9-16(17)27-3)19(24)29-11(2)18(23)21-13-7-5-12(20)6-8-13/h5-11H,4H2,1-3H3,(H,21,23)/t11-/m0/s1. The second-order valence-corrected chi connectivity index (χ2v) is 5.75. The highest BCUT2D eigenvalue weighted by Gasteiger charge is 2.28. The Kier molecular flexibility index (Phi) is 7.07. The molecule has 0 bridgehead atoms. The molecule has 0 heterocycles. The van der Waals surface area contributed by atoms with Crippen LogP contribution >= 0.6 is 0 Å². The Balaban J connectivity index is 2.20. The van der Waals surface area contributed by atoms with Gasteiger partial charge in [0.25, 0.3) is 11.6 Å². The van der Waals surface area contributed by atoms with Gasteiger partial charge in [-0.25, -0.2) is 9.18 Å². The maximum atomic E-state index is 12.9. The van der Waals surface area contributed by atoms with Crippen LogP contribution in [-0.2, 0) is 9.53 Å². The van der Waals surface area contributed by atoms with Gasteiger partial charge in [-0.1, -0.05) is 0 Å². The number of amides is 1. The highest BCUT2D eigenvalue weighted by Crippen LogP contribution is 2.35. The van der Waals surface area contributed by atoms with Gasteiger partial charge < -0.3 is 19.5 Å². The molecule has 9 nitrogen and oxygen atoms in total. The molecule has 154 valence electrons. The number of halogens is 1. The SMILES string of the molecule is CCOc1cc([N+](=O)[O-])c(C(=O)O[C@@H](C)C(=O)Nc2ccc(F)cc2)cc1OC. The Hall–Kier alpha value is -3.69. The lowest BCUT2D eigenvalue weighted by molar-refractivity contribution is -0.385. The summed E-state index contributed by atoms with van der Waals surface area (Å²) in [7, 11) is 1.32. The van der Waals surface area contributed by atoms with E-state index >= 15 is 0 Å². The van der Waals surface area contributed by atoms with E-state index in [1.165, 1.54) is 26.2 Å². The minimum Gasteiger partial charge on any atom is -0.493 e. The van der Waals surface area contributed by atoms with Crippen LogP contribution in [0, 0.1) is 15.9 Å². The van der Waals surface area contributed by atoms with Gasteiger partial charge >= 0.3 is 5.97 Å². The van der Waals surface area contributed by atoms with Crippen LogP contribution < -0.4 is 14.8 Å². The maximum Gasteiger partial charge on any atom is 0.346 e. The lowest BCUT2D eigenvalue weighted by Gasteiger charge is -2.15. The molecule has 0 aromatic heterocycles. The van der Waals surface area contributed by atoms with Crippen molar-refractivity contribution in [3.8, 4) is 11.5 Å². The van der Waals surface area contributed by atoms with Crippen LogP contribution in [0.2, 0.25) is 0 Å². The zero-order chi connectivity index (χ0) is 21.6. The van der Waals surface area contributed by atoms with Crippen molar-refractivity contribution in [2.45, 2.75) is 20.0 Å². The summed E-state index contributed by atoms with van der Waals surface area (Å²) >= 11 is 0. The maximum absolute atomic E-state index is 12.9. The molecule has 0 saturated heterocycles. The molecule has 10 heteroatoms. The van der Waals surface area contributed by atoms with Gasteiger partial charge in [-0.3, -0.25) is 14.9 Å². The number of hydrogen-bond acceptors (Lipinski definition) is 7. The minimum atomic E-state index is -1.27. The molecule has 0 aliphatic heterocycles. The van der Waals surface area contributed by atoms with Crippen LogP contribution in [0.4, 0.5) is 15.8 Å². The molecular weight excluding hydrogens is 387 g/mol. The first-order valence-corrected chi connectivity index (χ1v) is 8.53. The molecule has 0 saturated carbocycles. The van der Waals surface area contributed by atoms with Crippen molar-refractivity contribution < 1.29 is 33.1 Å². The molecule has 2 aromatic rings. The number of nitro benzene ring substituents is 1. The Morgan fingerprint density at radius 1 is 1.21 bits per heavy atom. The van der Waals surface area contributed by atoms with Gasteiger partial charge in [0.05, 0.1) is 24.7 Å². The molecule has 29 heavy (non-hydrogen) atoms. The van der Waals surface area contributed by atoms with E-state index in [2.05, 4.69) is 5.32 Å². The summed E-state index contributed by atoms with van der Waals surface area (Å²) in [5.74, 6) is -2.04. The Morgan fingerprint density at radius 3 is 2.41 bits per heavy atom. The second kappa shape index (κ2) is 9.49. The molecule has 1 amide bonds. The van der Waals surface area contributed by atoms with E-state index in [0.29, 0.717) is 5.69 Å². The normalized spacial score (nSPS) is 11.3. The van der Waals surface area contributed by atoms with Crippen molar-refractivity contribution in [1.29, 1.82) is 0 Å². The molecule has 0 aliphatic rings. The van der Waals surface area contributed by atoms with E-state index in [1.807, 2.05) is 0 Å². The average Bonchev–Trinajstić information content (AvgIpc) is 2.69. The fourth-order valence-electron chi connectivity index (χ4n) is 2.35. The number of nitro groups is 1. The zero-order valence-corrected chi connectivity index (χ0v) is 15.9. The van der Waals surface area contributed by atoms with Crippen LogP contribution in [-0.4, -0.2) is 36.6 Å². The van der Waals surface area contributed by atoms with Crippen LogP contribution in [0.3, 0.4) is 0 Å². The molecule has 1 N–H and O–H groups in total. The van der Waals surface area contributed by atoms with Gasteiger partial charge in [0.15, 0.2) is 17.6 Å². The van der Waals surface area contributed by atoms with Crippen LogP contribution in [0.5, 0.6) is 11.5 Å². The molecule has 1 atom stereocenters. The lowest BCUT2D eigenvalue weighted by Crippen LogP contribution is -2.30. The summed E-state index contributed by atoms with van der Waals surface area (Å²) in [6.07, 6.45) is -1.27. The van der Waals surface area contributed by atoms with Gasteiger partial charge in [-0.15, -0.1) is 0 Å². The molecular formula is C19H19FN2O7. The number of carbonyl (C=O) groups is 2. The highest BCUT2D eigenvalue weighted by molar-refractivity contribution is 5.99. The van der Waals surface area contributed by atoms with E-state index in [4.69, 9.17) is 14.2 Å². The van der Waals surface area contributed by atoms with E-state index in [1.54, 1.807) is 6.92 Å². The van der Waals surface area contributed by atoms with Crippen molar-refractivity contribution >= 4 is 23.3 Å². The van der Waals surface area contributed by atoms with Gasteiger partial charge in [-0.05, 0) is 38.1 Å².